The third kappa shape index (κ3) is 3.11. The van der Waals surface area contributed by atoms with Crippen molar-refractivity contribution in [2.45, 2.75) is 64.3 Å². The molecule has 0 amide bonds. The van der Waals surface area contributed by atoms with Crippen LogP contribution in [-0.2, 0) is 0 Å². The molecule has 2 heteroatoms. The quantitative estimate of drug-likeness (QED) is 0.824. The highest BCUT2D eigenvalue weighted by Gasteiger charge is 2.36. The van der Waals surface area contributed by atoms with Gasteiger partial charge in [0.2, 0.25) is 0 Å². The Bertz CT molecular complexity index is 386. The maximum Gasteiger partial charge on any atom is 0.120 e. The van der Waals surface area contributed by atoms with Crippen molar-refractivity contribution in [3.05, 3.63) is 24.2 Å². The van der Waals surface area contributed by atoms with E-state index in [1.807, 2.05) is 12.3 Å². The molecule has 1 aromatic heterocycles. The summed E-state index contributed by atoms with van der Waals surface area (Å²) in [6, 6.07) is 4.62. The molecule has 112 valence electrons. The molecule has 0 saturated heterocycles. The van der Waals surface area contributed by atoms with E-state index in [0.29, 0.717) is 6.04 Å². The molecule has 1 aromatic rings. The van der Waals surface area contributed by atoms with E-state index < -0.39 is 0 Å². The van der Waals surface area contributed by atoms with E-state index >= 15 is 0 Å². The van der Waals surface area contributed by atoms with Crippen LogP contribution in [0.1, 0.15) is 70.1 Å². The molecule has 4 unspecified atom stereocenters. The van der Waals surface area contributed by atoms with Crippen LogP contribution in [0.2, 0.25) is 0 Å². The van der Waals surface area contributed by atoms with Crippen molar-refractivity contribution < 1.29 is 4.42 Å². The first-order valence-corrected chi connectivity index (χ1v) is 8.65. The predicted octanol–water partition coefficient (Wildman–Crippen LogP) is 4.93. The molecule has 2 fully saturated rings. The molecule has 0 spiro atoms. The molecule has 0 aliphatic heterocycles. The van der Waals surface area contributed by atoms with E-state index in [9.17, 15) is 0 Å². The largest absolute Gasteiger partial charge is 0.468 e. The van der Waals surface area contributed by atoms with E-state index in [2.05, 4.69) is 18.3 Å². The lowest BCUT2D eigenvalue weighted by Gasteiger charge is -2.41. The topological polar surface area (TPSA) is 25.2 Å². The summed E-state index contributed by atoms with van der Waals surface area (Å²) >= 11 is 0. The Morgan fingerprint density at radius 3 is 2.80 bits per heavy atom. The average molecular weight is 275 g/mol. The zero-order valence-electron chi connectivity index (χ0n) is 12.8. The number of furan rings is 1. The molecule has 3 rings (SSSR count). The van der Waals surface area contributed by atoms with E-state index in [4.69, 9.17) is 4.42 Å². The lowest BCUT2D eigenvalue weighted by molar-refractivity contribution is 0.104. The van der Waals surface area contributed by atoms with Crippen LogP contribution in [0.15, 0.2) is 22.8 Å². The third-order valence-electron chi connectivity index (χ3n) is 5.52. The molecule has 0 radical (unpaired) electrons. The number of rotatable bonds is 5. The van der Waals surface area contributed by atoms with Crippen molar-refractivity contribution >= 4 is 0 Å². The first-order valence-electron chi connectivity index (χ1n) is 8.65. The zero-order valence-corrected chi connectivity index (χ0v) is 12.8. The van der Waals surface area contributed by atoms with Gasteiger partial charge in [0.15, 0.2) is 0 Å². The zero-order chi connectivity index (χ0) is 13.8. The first kappa shape index (κ1) is 14.2. The highest BCUT2D eigenvalue weighted by Crippen LogP contribution is 2.46. The van der Waals surface area contributed by atoms with Crippen LogP contribution >= 0.6 is 0 Å². The monoisotopic (exact) mass is 275 g/mol. The number of nitrogens with one attached hydrogen (secondary N) is 1. The van der Waals surface area contributed by atoms with Crippen molar-refractivity contribution in [2.75, 3.05) is 6.54 Å². The molecule has 20 heavy (non-hydrogen) atoms. The second-order valence-corrected chi connectivity index (χ2v) is 6.82. The Balaban J connectivity index is 1.67. The van der Waals surface area contributed by atoms with Gasteiger partial charge in [-0.2, -0.15) is 0 Å². The summed E-state index contributed by atoms with van der Waals surface area (Å²) in [5.74, 6) is 3.94. The molecule has 2 aliphatic carbocycles. The van der Waals surface area contributed by atoms with E-state index in [1.165, 1.54) is 51.4 Å². The molecule has 0 bridgehead atoms. The highest BCUT2D eigenvalue weighted by atomic mass is 16.3. The van der Waals surface area contributed by atoms with Crippen LogP contribution in [0.5, 0.6) is 0 Å². The van der Waals surface area contributed by atoms with Gasteiger partial charge < -0.3 is 9.73 Å². The third-order valence-corrected chi connectivity index (χ3v) is 5.52. The van der Waals surface area contributed by atoms with Gasteiger partial charge >= 0.3 is 0 Å². The van der Waals surface area contributed by atoms with Gasteiger partial charge in [0.1, 0.15) is 5.76 Å². The summed E-state index contributed by atoms with van der Waals surface area (Å²) in [7, 11) is 0. The fourth-order valence-electron chi connectivity index (χ4n) is 4.48. The number of fused-ring (bicyclic) bond motifs is 1. The SMILES string of the molecule is CCCNC(c1ccco1)C1CCC2CCCCC2C1. The molecular weight excluding hydrogens is 246 g/mol. The second-order valence-electron chi connectivity index (χ2n) is 6.82. The van der Waals surface area contributed by atoms with Gasteiger partial charge in [-0.05, 0) is 62.1 Å². The van der Waals surface area contributed by atoms with E-state index in [1.54, 1.807) is 0 Å². The van der Waals surface area contributed by atoms with E-state index in [-0.39, 0.29) is 0 Å². The fourth-order valence-corrected chi connectivity index (χ4v) is 4.48. The van der Waals surface area contributed by atoms with Crippen LogP contribution in [0.3, 0.4) is 0 Å². The van der Waals surface area contributed by atoms with Crippen LogP contribution in [-0.4, -0.2) is 6.54 Å². The predicted molar refractivity (Wildman–Crippen MR) is 82.5 cm³/mol. The highest BCUT2D eigenvalue weighted by molar-refractivity contribution is 5.07. The van der Waals surface area contributed by atoms with Gasteiger partial charge in [-0.15, -0.1) is 0 Å². The van der Waals surface area contributed by atoms with Gasteiger partial charge in [0.05, 0.1) is 12.3 Å². The van der Waals surface area contributed by atoms with Gasteiger partial charge in [0, 0.05) is 0 Å². The van der Waals surface area contributed by atoms with Crippen LogP contribution in [0, 0.1) is 17.8 Å². The lowest BCUT2D eigenvalue weighted by atomic mass is 9.66. The molecule has 0 aromatic carbocycles. The molecule has 4 atom stereocenters. The first-order chi connectivity index (χ1) is 9.88. The Morgan fingerprint density at radius 1 is 1.20 bits per heavy atom. The van der Waals surface area contributed by atoms with Crippen molar-refractivity contribution in [3.8, 4) is 0 Å². The van der Waals surface area contributed by atoms with Crippen molar-refractivity contribution in [3.63, 3.8) is 0 Å². The summed E-state index contributed by atoms with van der Waals surface area (Å²) in [6.07, 6.45) is 13.1. The number of hydrogen-bond acceptors (Lipinski definition) is 2. The van der Waals surface area contributed by atoms with Gasteiger partial charge in [0.25, 0.3) is 0 Å². The molecule has 1 N–H and O–H groups in total. The van der Waals surface area contributed by atoms with Crippen molar-refractivity contribution in [1.82, 2.24) is 5.32 Å². The summed E-state index contributed by atoms with van der Waals surface area (Å²) in [6.45, 7) is 3.33. The normalized spacial score (nSPS) is 31.8. The Morgan fingerprint density at radius 2 is 2.05 bits per heavy atom. The maximum atomic E-state index is 5.72. The summed E-state index contributed by atoms with van der Waals surface area (Å²) in [5.41, 5.74) is 0. The minimum absolute atomic E-state index is 0.438. The summed E-state index contributed by atoms with van der Waals surface area (Å²) in [5, 5.41) is 3.74. The Kier molecular flexibility index (Phi) is 4.82. The van der Waals surface area contributed by atoms with E-state index in [0.717, 1.165) is 30.1 Å². The Hall–Kier alpha value is -0.760. The number of hydrogen-bond donors (Lipinski definition) is 1. The minimum Gasteiger partial charge on any atom is -0.468 e. The molecule has 1 heterocycles. The van der Waals surface area contributed by atoms with Crippen LogP contribution in [0.25, 0.3) is 0 Å². The second kappa shape index (κ2) is 6.80. The average Bonchev–Trinajstić information content (AvgIpc) is 3.02. The smallest absolute Gasteiger partial charge is 0.120 e. The summed E-state index contributed by atoms with van der Waals surface area (Å²) < 4.78 is 5.72. The van der Waals surface area contributed by atoms with Crippen LogP contribution in [0.4, 0.5) is 0 Å². The Labute approximate surface area is 123 Å². The van der Waals surface area contributed by atoms with Crippen molar-refractivity contribution in [2.24, 2.45) is 17.8 Å². The minimum atomic E-state index is 0.438. The van der Waals surface area contributed by atoms with Gasteiger partial charge in [-0.3, -0.25) is 0 Å². The maximum absolute atomic E-state index is 5.72. The fraction of sp³-hybridized carbons (Fsp3) is 0.778. The van der Waals surface area contributed by atoms with Crippen LogP contribution < -0.4 is 5.32 Å². The lowest BCUT2D eigenvalue weighted by Crippen LogP contribution is -2.35. The molecular formula is C18H29NO. The molecule has 2 nitrogen and oxygen atoms in total. The van der Waals surface area contributed by atoms with Crippen molar-refractivity contribution in [1.29, 1.82) is 0 Å². The van der Waals surface area contributed by atoms with Gasteiger partial charge in [-0.25, -0.2) is 0 Å². The molecule has 2 saturated carbocycles. The summed E-state index contributed by atoms with van der Waals surface area (Å²) in [4.78, 5) is 0. The van der Waals surface area contributed by atoms with Gasteiger partial charge in [-0.1, -0.05) is 32.6 Å². The molecule has 2 aliphatic rings. The standard InChI is InChI=1S/C18H29NO/c1-2-11-19-18(17-8-5-12-20-17)16-10-9-14-6-3-4-7-15(14)13-16/h5,8,12,14-16,18-19H,2-4,6-7,9-11,13H2,1H3.